The van der Waals surface area contributed by atoms with Gasteiger partial charge in [0.05, 0.1) is 4.88 Å². The van der Waals surface area contributed by atoms with Gasteiger partial charge in [-0.15, -0.1) is 11.3 Å². The largest absolute Gasteiger partial charge is 0.361 e. The van der Waals surface area contributed by atoms with Gasteiger partial charge in [0.2, 0.25) is 5.91 Å². The number of hydrogen-bond acceptors (Lipinski definition) is 3. The molecule has 2 amide bonds. The molecular weight excluding hydrogens is 341 g/mol. The van der Waals surface area contributed by atoms with E-state index in [0.29, 0.717) is 17.8 Å². The van der Waals surface area contributed by atoms with Gasteiger partial charge in [0.15, 0.2) is 0 Å². The average Bonchev–Trinajstić information content (AvgIpc) is 3.24. The van der Waals surface area contributed by atoms with E-state index < -0.39 is 6.04 Å². The van der Waals surface area contributed by atoms with E-state index >= 15 is 0 Å². The second-order valence-electron chi connectivity index (χ2n) is 5.72. The van der Waals surface area contributed by atoms with E-state index in [1.807, 2.05) is 11.6 Å². The Morgan fingerprint density at radius 3 is 2.92 bits per heavy atom. The SMILES string of the molecule is C[C@H](NC(=O)c1cccs1)C(=O)NCCc1c[nH]c2cc(F)ccc12. The third-order valence-corrected chi connectivity index (χ3v) is 4.78. The number of carbonyl (C=O) groups is 2. The number of hydrogen-bond donors (Lipinski definition) is 3. The Kier molecular flexibility index (Phi) is 5.14. The fourth-order valence-corrected chi connectivity index (χ4v) is 3.21. The van der Waals surface area contributed by atoms with Crippen molar-refractivity contribution in [1.29, 1.82) is 0 Å². The molecule has 0 saturated heterocycles. The molecular formula is C18H18FN3O2S. The van der Waals surface area contributed by atoms with E-state index in [9.17, 15) is 14.0 Å². The lowest BCUT2D eigenvalue weighted by Gasteiger charge is -2.13. The summed E-state index contributed by atoms with van der Waals surface area (Å²) in [4.78, 5) is 27.6. The summed E-state index contributed by atoms with van der Waals surface area (Å²) >= 11 is 1.33. The maximum absolute atomic E-state index is 13.2. The summed E-state index contributed by atoms with van der Waals surface area (Å²) in [6.07, 6.45) is 2.43. The Balaban J connectivity index is 1.50. The number of nitrogens with one attached hydrogen (secondary N) is 3. The molecule has 0 radical (unpaired) electrons. The molecule has 3 rings (SSSR count). The maximum Gasteiger partial charge on any atom is 0.261 e. The second kappa shape index (κ2) is 7.48. The molecule has 7 heteroatoms. The first-order chi connectivity index (χ1) is 12.0. The molecule has 1 aromatic carbocycles. The number of amides is 2. The first kappa shape index (κ1) is 17.2. The molecule has 2 aromatic heterocycles. The Labute approximate surface area is 148 Å². The minimum Gasteiger partial charge on any atom is -0.361 e. The van der Waals surface area contributed by atoms with Crippen molar-refractivity contribution in [2.24, 2.45) is 0 Å². The third kappa shape index (κ3) is 4.06. The highest BCUT2D eigenvalue weighted by molar-refractivity contribution is 7.12. The van der Waals surface area contributed by atoms with Crippen molar-refractivity contribution < 1.29 is 14.0 Å². The van der Waals surface area contributed by atoms with Crippen LogP contribution in [0.25, 0.3) is 10.9 Å². The fraction of sp³-hybridized carbons (Fsp3) is 0.222. The lowest BCUT2D eigenvalue weighted by molar-refractivity contribution is -0.122. The summed E-state index contributed by atoms with van der Waals surface area (Å²) < 4.78 is 13.2. The van der Waals surface area contributed by atoms with Crippen LogP contribution in [0.2, 0.25) is 0 Å². The quantitative estimate of drug-likeness (QED) is 0.633. The molecule has 0 spiro atoms. The summed E-state index contributed by atoms with van der Waals surface area (Å²) in [5.41, 5.74) is 1.74. The number of halogens is 1. The predicted octanol–water partition coefficient (Wildman–Crippen LogP) is 2.85. The number of carbonyl (C=O) groups excluding carboxylic acids is 2. The molecule has 3 aromatic rings. The maximum atomic E-state index is 13.2. The van der Waals surface area contributed by atoms with Crippen LogP contribution in [0.3, 0.4) is 0 Å². The molecule has 1 atom stereocenters. The molecule has 0 aliphatic heterocycles. The number of benzene rings is 1. The molecule has 25 heavy (non-hydrogen) atoms. The van der Waals surface area contributed by atoms with Gasteiger partial charge in [-0.25, -0.2) is 4.39 Å². The summed E-state index contributed by atoms with van der Waals surface area (Å²) in [6, 6.07) is 7.47. The minimum absolute atomic E-state index is 0.240. The van der Waals surface area contributed by atoms with Crippen LogP contribution in [0.4, 0.5) is 4.39 Å². The van der Waals surface area contributed by atoms with E-state index in [4.69, 9.17) is 0 Å². The third-order valence-electron chi connectivity index (χ3n) is 3.91. The van der Waals surface area contributed by atoms with E-state index in [1.54, 1.807) is 25.1 Å². The van der Waals surface area contributed by atoms with Crippen molar-refractivity contribution in [2.45, 2.75) is 19.4 Å². The van der Waals surface area contributed by atoms with Crippen LogP contribution < -0.4 is 10.6 Å². The summed E-state index contributed by atoms with van der Waals surface area (Å²) in [5, 5.41) is 8.23. The number of aromatic amines is 1. The van der Waals surface area contributed by atoms with Gasteiger partial charge in [0.1, 0.15) is 11.9 Å². The number of H-pyrrole nitrogens is 1. The molecule has 0 saturated carbocycles. The van der Waals surface area contributed by atoms with Crippen LogP contribution in [-0.4, -0.2) is 29.4 Å². The van der Waals surface area contributed by atoms with Gasteiger partial charge in [0, 0.05) is 23.6 Å². The van der Waals surface area contributed by atoms with Gasteiger partial charge in [-0.1, -0.05) is 6.07 Å². The number of fused-ring (bicyclic) bond motifs is 1. The fourth-order valence-electron chi connectivity index (χ4n) is 2.58. The van der Waals surface area contributed by atoms with Crippen LogP contribution in [0, 0.1) is 5.82 Å². The number of thiophene rings is 1. The smallest absolute Gasteiger partial charge is 0.261 e. The molecule has 130 valence electrons. The molecule has 0 aliphatic rings. The second-order valence-corrected chi connectivity index (χ2v) is 6.66. The topological polar surface area (TPSA) is 74.0 Å². The van der Waals surface area contributed by atoms with E-state index in [0.717, 1.165) is 16.5 Å². The van der Waals surface area contributed by atoms with Gasteiger partial charge in [-0.05, 0) is 48.6 Å². The molecule has 5 nitrogen and oxygen atoms in total. The van der Waals surface area contributed by atoms with E-state index in [1.165, 1.54) is 23.5 Å². The Hall–Kier alpha value is -2.67. The highest BCUT2D eigenvalue weighted by Crippen LogP contribution is 2.19. The van der Waals surface area contributed by atoms with Crippen molar-refractivity contribution in [2.75, 3.05) is 6.54 Å². The lowest BCUT2D eigenvalue weighted by atomic mass is 10.1. The zero-order valence-corrected chi connectivity index (χ0v) is 14.5. The summed E-state index contributed by atoms with van der Waals surface area (Å²) in [6.45, 7) is 2.08. The summed E-state index contributed by atoms with van der Waals surface area (Å²) in [7, 11) is 0. The van der Waals surface area contributed by atoms with Crippen molar-refractivity contribution in [1.82, 2.24) is 15.6 Å². The van der Waals surface area contributed by atoms with Crippen molar-refractivity contribution in [3.8, 4) is 0 Å². The molecule has 0 bridgehead atoms. The van der Waals surface area contributed by atoms with Crippen LogP contribution in [0.15, 0.2) is 41.9 Å². The highest BCUT2D eigenvalue weighted by atomic mass is 32.1. The van der Waals surface area contributed by atoms with Crippen molar-refractivity contribution in [3.63, 3.8) is 0 Å². The molecule has 0 aliphatic carbocycles. The van der Waals surface area contributed by atoms with Gasteiger partial charge in [-0.3, -0.25) is 9.59 Å². The standard InChI is InChI=1S/C18H18FN3O2S/c1-11(22-18(24)16-3-2-8-25-16)17(23)20-7-6-12-10-21-15-9-13(19)4-5-14(12)15/h2-5,8-11,21H,6-7H2,1H3,(H,20,23)(H,22,24)/t11-/m0/s1. The van der Waals surface area contributed by atoms with Crippen LogP contribution >= 0.6 is 11.3 Å². The number of rotatable bonds is 6. The monoisotopic (exact) mass is 359 g/mol. The Bertz CT molecular complexity index is 889. The van der Waals surface area contributed by atoms with Gasteiger partial charge < -0.3 is 15.6 Å². The zero-order chi connectivity index (χ0) is 17.8. The Morgan fingerprint density at radius 2 is 2.16 bits per heavy atom. The van der Waals surface area contributed by atoms with Gasteiger partial charge >= 0.3 is 0 Å². The summed E-state index contributed by atoms with van der Waals surface area (Å²) in [5.74, 6) is -0.781. The molecule has 0 fully saturated rings. The molecule has 0 unspecified atom stereocenters. The lowest BCUT2D eigenvalue weighted by Crippen LogP contribution is -2.45. The highest BCUT2D eigenvalue weighted by Gasteiger charge is 2.16. The van der Waals surface area contributed by atoms with Crippen LogP contribution in [0.1, 0.15) is 22.2 Å². The van der Waals surface area contributed by atoms with E-state index in [-0.39, 0.29) is 17.6 Å². The first-order valence-electron chi connectivity index (χ1n) is 7.92. The van der Waals surface area contributed by atoms with Crippen molar-refractivity contribution in [3.05, 3.63) is 58.2 Å². The minimum atomic E-state index is -0.619. The number of aromatic nitrogens is 1. The van der Waals surface area contributed by atoms with Crippen LogP contribution in [0.5, 0.6) is 0 Å². The Morgan fingerprint density at radius 1 is 1.32 bits per heavy atom. The normalized spacial score (nSPS) is 12.1. The molecule has 3 N–H and O–H groups in total. The van der Waals surface area contributed by atoms with Gasteiger partial charge in [0.25, 0.3) is 5.91 Å². The predicted molar refractivity (Wildman–Crippen MR) is 96.2 cm³/mol. The average molecular weight is 359 g/mol. The first-order valence-corrected chi connectivity index (χ1v) is 8.80. The molecule has 2 heterocycles. The van der Waals surface area contributed by atoms with Crippen molar-refractivity contribution >= 4 is 34.1 Å². The van der Waals surface area contributed by atoms with Gasteiger partial charge in [-0.2, -0.15) is 0 Å². The van der Waals surface area contributed by atoms with Crippen LogP contribution in [-0.2, 0) is 11.2 Å². The zero-order valence-electron chi connectivity index (χ0n) is 13.6. The van der Waals surface area contributed by atoms with E-state index in [2.05, 4.69) is 15.6 Å².